The van der Waals surface area contributed by atoms with Crippen LogP contribution in [0.1, 0.15) is 88.0 Å². The number of nitrogens with zero attached hydrogens (tertiary/aromatic N) is 5. The Bertz CT molecular complexity index is 951. The normalized spacial score (nSPS) is 10.2. The number of carbonyl (C=O) groups excluding carboxylic acids is 1. The van der Waals surface area contributed by atoms with E-state index in [-0.39, 0.29) is 17.3 Å². The molecule has 0 saturated heterocycles. The van der Waals surface area contributed by atoms with Crippen LogP contribution in [0.25, 0.3) is 11.2 Å². The number of ether oxygens (including phenoxy) is 1. The lowest BCUT2D eigenvalue weighted by Crippen LogP contribution is -2.37. The maximum absolute atomic E-state index is 12.4. The molecule has 0 fully saturated rings. The topological polar surface area (TPSA) is 91.4 Å². The molecule has 2 aromatic heterocycles. The van der Waals surface area contributed by atoms with Crippen LogP contribution < -0.4 is 11.2 Å². The maximum atomic E-state index is 12.4. The van der Waals surface area contributed by atoms with Crippen LogP contribution in [0.5, 0.6) is 0 Å². The van der Waals surface area contributed by atoms with Crippen LogP contribution in [0.4, 0.5) is 4.79 Å². The monoisotopic (exact) mass is 483 g/mol. The van der Waals surface area contributed by atoms with Crippen LogP contribution >= 0.6 is 0 Å². The summed E-state index contributed by atoms with van der Waals surface area (Å²) in [5, 5.41) is 0. The molecule has 198 valence electrons. The highest BCUT2D eigenvalue weighted by atomic mass is 16.6. The van der Waals surface area contributed by atoms with Gasteiger partial charge >= 0.3 is 11.8 Å². The van der Waals surface area contributed by atoms with E-state index >= 15 is 0 Å². The number of carbonyl (C=O) groups is 1. The summed E-state index contributed by atoms with van der Waals surface area (Å²) < 4.78 is 9.63. The Morgan fingerprint density at radius 3 is 2.00 bits per heavy atom. The highest BCUT2D eigenvalue weighted by Crippen LogP contribution is 2.11. The molecule has 0 atom stereocenters. The van der Waals surface area contributed by atoms with Gasteiger partial charge in [0.05, 0.1) is 6.33 Å². The molecular formula is C25H49N5O4. The van der Waals surface area contributed by atoms with E-state index in [0.717, 1.165) is 30.3 Å². The summed E-state index contributed by atoms with van der Waals surface area (Å²) in [4.78, 5) is 42.1. The average molecular weight is 484 g/mol. The molecule has 2 aromatic rings. The summed E-state index contributed by atoms with van der Waals surface area (Å²) in [7, 11) is 4.83. The molecule has 1 amide bonds. The second kappa shape index (κ2) is 16.9. The largest absolute Gasteiger partial charge is 0.444 e. The zero-order chi connectivity index (χ0) is 27.1. The predicted molar refractivity (Wildman–Crippen MR) is 142 cm³/mol. The van der Waals surface area contributed by atoms with Gasteiger partial charge in [-0.2, -0.15) is 0 Å². The summed E-state index contributed by atoms with van der Waals surface area (Å²) in [6.45, 7) is 18.9. The van der Waals surface area contributed by atoms with Gasteiger partial charge in [0, 0.05) is 34.2 Å². The summed E-state index contributed by atoms with van der Waals surface area (Å²) in [5.74, 6) is 0. The zero-order valence-corrected chi connectivity index (χ0v) is 23.7. The van der Waals surface area contributed by atoms with Gasteiger partial charge in [-0.15, -0.1) is 0 Å². The molecule has 0 aliphatic rings. The fourth-order valence-electron chi connectivity index (χ4n) is 2.98. The van der Waals surface area contributed by atoms with Crippen molar-refractivity contribution in [1.82, 2.24) is 23.6 Å². The molecular weight excluding hydrogens is 434 g/mol. The van der Waals surface area contributed by atoms with E-state index in [1.54, 1.807) is 25.3 Å². The van der Waals surface area contributed by atoms with Crippen molar-refractivity contribution in [2.75, 3.05) is 13.6 Å². The first-order valence-electron chi connectivity index (χ1n) is 12.6. The minimum atomic E-state index is -0.487. The standard InChI is InChI=1S/C19H31N5O4.3C2H6/c1-19(2,3)28-18(27)21(4)11-9-7-8-10-12-24-13-20-15-14(24)16(25)23(6)17(26)22(15)5;3*1-2/h13H,7-12H2,1-6H3;3*1-2H3. The van der Waals surface area contributed by atoms with E-state index < -0.39 is 5.60 Å². The molecule has 0 spiro atoms. The van der Waals surface area contributed by atoms with Gasteiger partial charge < -0.3 is 14.2 Å². The Morgan fingerprint density at radius 1 is 0.941 bits per heavy atom. The van der Waals surface area contributed by atoms with Gasteiger partial charge in [-0.3, -0.25) is 13.9 Å². The van der Waals surface area contributed by atoms with Crippen molar-refractivity contribution < 1.29 is 9.53 Å². The fourth-order valence-corrected chi connectivity index (χ4v) is 2.98. The second-order valence-electron chi connectivity index (χ2n) is 8.13. The zero-order valence-electron chi connectivity index (χ0n) is 23.7. The third-order valence-corrected chi connectivity index (χ3v) is 4.56. The Balaban J connectivity index is 0. The number of aryl methyl sites for hydroxylation is 2. The number of aromatic nitrogens is 4. The third kappa shape index (κ3) is 10.1. The quantitative estimate of drug-likeness (QED) is 0.520. The lowest BCUT2D eigenvalue weighted by atomic mass is 10.2. The average Bonchev–Trinajstić information content (AvgIpc) is 3.25. The van der Waals surface area contributed by atoms with E-state index in [4.69, 9.17) is 4.74 Å². The number of fused-ring (bicyclic) bond motifs is 1. The lowest BCUT2D eigenvalue weighted by molar-refractivity contribution is 0.0296. The number of unbranched alkanes of at least 4 members (excludes halogenated alkanes) is 3. The van der Waals surface area contributed by atoms with E-state index in [2.05, 4.69) is 4.98 Å². The smallest absolute Gasteiger partial charge is 0.410 e. The number of hydrogen-bond acceptors (Lipinski definition) is 5. The van der Waals surface area contributed by atoms with Crippen molar-refractivity contribution in [2.45, 2.75) is 100 Å². The van der Waals surface area contributed by atoms with Gasteiger partial charge in [-0.05, 0) is 33.6 Å². The van der Waals surface area contributed by atoms with Crippen molar-refractivity contribution in [3.8, 4) is 0 Å². The number of rotatable bonds is 7. The molecule has 2 rings (SSSR count). The first-order valence-corrected chi connectivity index (χ1v) is 12.6. The van der Waals surface area contributed by atoms with Crippen molar-refractivity contribution in [2.24, 2.45) is 14.1 Å². The Labute approximate surface area is 205 Å². The summed E-state index contributed by atoms with van der Waals surface area (Å²) in [6, 6.07) is 0. The molecule has 0 bridgehead atoms. The minimum absolute atomic E-state index is 0.307. The van der Waals surface area contributed by atoms with Crippen LogP contribution in [0, 0.1) is 0 Å². The molecule has 0 unspecified atom stereocenters. The highest BCUT2D eigenvalue weighted by molar-refractivity contribution is 5.70. The molecule has 0 aliphatic heterocycles. The SMILES string of the molecule is CC.CC.CC.CN(CCCCCCn1cnc2c1c(=O)n(C)c(=O)n2C)C(=O)OC(C)(C)C. The predicted octanol–water partition coefficient (Wildman–Crippen LogP) is 4.94. The van der Waals surface area contributed by atoms with Crippen LogP contribution in [-0.2, 0) is 25.4 Å². The Kier molecular flexibility index (Phi) is 16.7. The number of amides is 1. The van der Waals surface area contributed by atoms with Crippen LogP contribution in [-0.4, -0.2) is 48.9 Å². The Hall–Kier alpha value is -2.58. The molecule has 9 nitrogen and oxygen atoms in total. The lowest BCUT2D eigenvalue weighted by Gasteiger charge is -2.24. The van der Waals surface area contributed by atoms with E-state index in [1.165, 1.54) is 11.6 Å². The number of hydrogen-bond donors (Lipinski definition) is 0. The molecule has 0 aromatic carbocycles. The molecule has 9 heteroatoms. The first kappa shape index (κ1) is 33.6. The van der Waals surface area contributed by atoms with Gasteiger partial charge in [-0.1, -0.05) is 54.4 Å². The summed E-state index contributed by atoms with van der Waals surface area (Å²) in [5.41, 5.74) is -0.327. The fraction of sp³-hybridized carbons (Fsp3) is 0.760. The highest BCUT2D eigenvalue weighted by Gasteiger charge is 2.19. The van der Waals surface area contributed by atoms with E-state index in [1.807, 2.05) is 66.9 Å². The van der Waals surface area contributed by atoms with Gasteiger partial charge in [0.25, 0.3) is 5.56 Å². The van der Waals surface area contributed by atoms with Crippen molar-refractivity contribution in [1.29, 1.82) is 0 Å². The van der Waals surface area contributed by atoms with Gasteiger partial charge in [-0.25, -0.2) is 14.6 Å². The summed E-state index contributed by atoms with van der Waals surface area (Å²) >= 11 is 0. The molecule has 34 heavy (non-hydrogen) atoms. The Morgan fingerprint density at radius 2 is 1.47 bits per heavy atom. The first-order chi connectivity index (χ1) is 16.0. The van der Waals surface area contributed by atoms with Crippen LogP contribution in [0.2, 0.25) is 0 Å². The molecule has 2 heterocycles. The second-order valence-corrected chi connectivity index (χ2v) is 8.13. The van der Waals surface area contributed by atoms with Crippen LogP contribution in [0.15, 0.2) is 15.9 Å². The van der Waals surface area contributed by atoms with Gasteiger partial charge in [0.1, 0.15) is 5.60 Å². The van der Waals surface area contributed by atoms with E-state index in [9.17, 15) is 14.4 Å². The summed E-state index contributed by atoms with van der Waals surface area (Å²) in [6.07, 6.45) is 5.01. The third-order valence-electron chi connectivity index (χ3n) is 4.56. The number of imidazole rings is 1. The van der Waals surface area contributed by atoms with Crippen LogP contribution in [0.3, 0.4) is 0 Å². The van der Waals surface area contributed by atoms with E-state index in [0.29, 0.717) is 24.3 Å². The maximum Gasteiger partial charge on any atom is 0.410 e. The molecule has 0 N–H and O–H groups in total. The van der Waals surface area contributed by atoms with Crippen molar-refractivity contribution in [3.05, 3.63) is 27.2 Å². The molecule has 0 aliphatic carbocycles. The minimum Gasteiger partial charge on any atom is -0.444 e. The van der Waals surface area contributed by atoms with Gasteiger partial charge in [0.15, 0.2) is 11.2 Å². The molecule has 0 radical (unpaired) electrons. The van der Waals surface area contributed by atoms with Crippen molar-refractivity contribution >= 4 is 17.3 Å². The molecule has 0 saturated carbocycles. The van der Waals surface area contributed by atoms with Gasteiger partial charge in [0.2, 0.25) is 0 Å². The van der Waals surface area contributed by atoms with Crippen molar-refractivity contribution in [3.63, 3.8) is 0 Å².